The summed E-state index contributed by atoms with van der Waals surface area (Å²) in [6.45, 7) is 7.77. The first kappa shape index (κ1) is 26.1. The average Bonchev–Trinajstić information content (AvgIpc) is 3.39. The van der Waals surface area contributed by atoms with Crippen molar-refractivity contribution in [2.75, 3.05) is 54.0 Å². The molecule has 1 N–H and O–H groups in total. The number of nitrogens with one attached hydrogen (secondary N) is 1. The molecule has 10 heteroatoms. The topological polar surface area (TPSA) is 100.0 Å². The molecule has 0 aliphatic heterocycles. The van der Waals surface area contributed by atoms with Gasteiger partial charge in [0, 0.05) is 38.4 Å². The van der Waals surface area contributed by atoms with Crippen molar-refractivity contribution in [2.24, 2.45) is 0 Å². The van der Waals surface area contributed by atoms with Crippen molar-refractivity contribution in [3.8, 4) is 28.4 Å². The second-order valence-electron chi connectivity index (χ2n) is 7.64. The Bertz CT molecular complexity index is 1070. The summed E-state index contributed by atoms with van der Waals surface area (Å²) in [6.07, 6.45) is 1.81. The predicted octanol–water partition coefficient (Wildman–Crippen LogP) is 2.97. The van der Waals surface area contributed by atoms with E-state index in [0.717, 1.165) is 30.9 Å². The van der Waals surface area contributed by atoms with E-state index in [4.69, 9.17) is 18.9 Å². The Morgan fingerprint density at radius 1 is 0.971 bits per heavy atom. The quantitative estimate of drug-likeness (QED) is 0.350. The smallest absolute Gasteiger partial charge is 0.251 e. The highest BCUT2D eigenvalue weighted by atomic mass is 16.7. The minimum Gasteiger partial charge on any atom is -0.464 e. The van der Waals surface area contributed by atoms with Gasteiger partial charge < -0.3 is 29.2 Å². The third-order valence-corrected chi connectivity index (χ3v) is 5.40. The molecule has 1 heterocycles. The van der Waals surface area contributed by atoms with Gasteiger partial charge >= 0.3 is 0 Å². The van der Waals surface area contributed by atoms with Crippen LogP contribution in [-0.2, 0) is 9.47 Å². The predicted molar refractivity (Wildman–Crippen MR) is 132 cm³/mol. The number of rotatable bonds is 14. The molecule has 0 aliphatic rings. The molecule has 0 aliphatic carbocycles. The number of amides is 1. The third kappa shape index (κ3) is 7.25. The zero-order chi connectivity index (χ0) is 25.0. The second kappa shape index (κ2) is 13.4. The number of aromatic nitrogens is 3. The molecule has 1 amide bonds. The number of benzene rings is 2. The summed E-state index contributed by atoms with van der Waals surface area (Å²) in [4.78, 5) is 14.7. The highest BCUT2D eigenvalue weighted by molar-refractivity contribution is 5.94. The van der Waals surface area contributed by atoms with E-state index in [0.29, 0.717) is 29.3 Å². The molecule has 10 nitrogen and oxygen atoms in total. The highest BCUT2D eigenvalue weighted by Crippen LogP contribution is 2.32. The fourth-order valence-electron chi connectivity index (χ4n) is 3.40. The minimum absolute atomic E-state index is 0.0782. The molecule has 0 bridgehead atoms. The molecule has 0 radical (unpaired) electrons. The van der Waals surface area contributed by atoms with Crippen molar-refractivity contribution in [1.82, 2.24) is 25.2 Å². The van der Waals surface area contributed by atoms with E-state index in [1.54, 1.807) is 37.1 Å². The maximum absolute atomic E-state index is 12.4. The summed E-state index contributed by atoms with van der Waals surface area (Å²) in [5.74, 6) is 0.945. The Kier molecular flexibility index (Phi) is 10.0. The van der Waals surface area contributed by atoms with Crippen molar-refractivity contribution >= 4 is 5.91 Å². The number of carbonyl (C=O) groups excluding carboxylic acids is 1. The van der Waals surface area contributed by atoms with Gasteiger partial charge in [-0.1, -0.05) is 19.1 Å². The summed E-state index contributed by atoms with van der Waals surface area (Å²) in [5, 5.41) is 11.5. The average molecular weight is 484 g/mol. The Morgan fingerprint density at radius 2 is 1.66 bits per heavy atom. The van der Waals surface area contributed by atoms with E-state index in [-0.39, 0.29) is 19.5 Å². The van der Waals surface area contributed by atoms with Crippen LogP contribution in [0.3, 0.4) is 0 Å². The van der Waals surface area contributed by atoms with Gasteiger partial charge in [-0.25, -0.2) is 4.68 Å². The summed E-state index contributed by atoms with van der Waals surface area (Å²) in [5.41, 5.74) is 2.85. The van der Waals surface area contributed by atoms with Crippen LogP contribution in [-0.4, -0.2) is 79.8 Å². The first-order valence-corrected chi connectivity index (χ1v) is 11.5. The molecule has 1 aromatic heterocycles. The molecule has 0 fully saturated rings. The molecule has 188 valence electrons. The first-order chi connectivity index (χ1) is 17.1. The lowest BCUT2D eigenvalue weighted by molar-refractivity contribution is 0.0323. The van der Waals surface area contributed by atoms with Crippen LogP contribution >= 0.6 is 0 Å². The van der Waals surface area contributed by atoms with Gasteiger partial charge in [0.25, 0.3) is 5.91 Å². The SMILES string of the molecule is CCN(CC)CCNC(=O)c1ccc(-n2cc(-c3ccc(OCOC)c(OCOC)c3)nn2)cc1. The van der Waals surface area contributed by atoms with Crippen molar-refractivity contribution in [3.05, 3.63) is 54.2 Å². The summed E-state index contributed by atoms with van der Waals surface area (Å²) >= 11 is 0. The maximum Gasteiger partial charge on any atom is 0.251 e. The standard InChI is InChI=1S/C25H33N5O5/c1-5-29(6-2)14-13-26-25(31)19-7-10-21(11-8-19)30-16-22(27-28-30)20-9-12-23(34-17-32-3)24(15-20)35-18-33-4/h7-12,15-16H,5-6,13-14,17-18H2,1-4H3,(H,26,31). The van der Waals surface area contributed by atoms with Crippen LogP contribution in [0.2, 0.25) is 0 Å². The molecule has 0 saturated heterocycles. The lowest BCUT2D eigenvalue weighted by atomic mass is 10.1. The van der Waals surface area contributed by atoms with Crippen LogP contribution in [0.1, 0.15) is 24.2 Å². The van der Waals surface area contributed by atoms with E-state index in [1.807, 2.05) is 30.5 Å². The fraction of sp³-hybridized carbons (Fsp3) is 0.400. The molecule has 35 heavy (non-hydrogen) atoms. The van der Waals surface area contributed by atoms with Gasteiger partial charge in [-0.05, 0) is 55.6 Å². The van der Waals surface area contributed by atoms with Crippen molar-refractivity contribution in [1.29, 1.82) is 0 Å². The fourth-order valence-corrected chi connectivity index (χ4v) is 3.40. The molecule has 2 aromatic carbocycles. The number of ether oxygens (including phenoxy) is 4. The van der Waals surface area contributed by atoms with Crippen LogP contribution in [0, 0.1) is 0 Å². The molecule has 0 unspecified atom stereocenters. The van der Waals surface area contributed by atoms with Crippen molar-refractivity contribution in [3.63, 3.8) is 0 Å². The number of hydrogen-bond acceptors (Lipinski definition) is 8. The molecule has 3 rings (SSSR count). The Hall–Kier alpha value is -3.47. The van der Waals surface area contributed by atoms with E-state index >= 15 is 0 Å². The summed E-state index contributed by atoms with van der Waals surface area (Å²) < 4.78 is 22.8. The number of likely N-dealkylation sites (N-methyl/N-ethyl adjacent to an activating group) is 1. The van der Waals surface area contributed by atoms with Gasteiger partial charge in [0.05, 0.1) is 11.9 Å². The van der Waals surface area contributed by atoms with Crippen LogP contribution in [0.15, 0.2) is 48.7 Å². The summed E-state index contributed by atoms with van der Waals surface area (Å²) in [6, 6.07) is 12.7. The lowest BCUT2D eigenvalue weighted by Crippen LogP contribution is -2.34. The van der Waals surface area contributed by atoms with Crippen LogP contribution in [0.25, 0.3) is 16.9 Å². The third-order valence-electron chi connectivity index (χ3n) is 5.40. The zero-order valence-corrected chi connectivity index (χ0v) is 20.7. The van der Waals surface area contributed by atoms with Gasteiger partial charge in [0.2, 0.25) is 0 Å². The monoisotopic (exact) mass is 483 g/mol. The van der Waals surface area contributed by atoms with Crippen LogP contribution < -0.4 is 14.8 Å². The van der Waals surface area contributed by atoms with E-state index in [2.05, 4.69) is 34.4 Å². The number of methoxy groups -OCH3 is 2. The molecule has 3 aromatic rings. The van der Waals surface area contributed by atoms with Crippen LogP contribution in [0.5, 0.6) is 11.5 Å². The number of nitrogens with zero attached hydrogens (tertiary/aromatic N) is 4. The Labute approximate surface area is 205 Å². The molecule has 0 saturated carbocycles. The normalized spacial score (nSPS) is 11.0. The van der Waals surface area contributed by atoms with Crippen LogP contribution in [0.4, 0.5) is 0 Å². The number of hydrogen-bond donors (Lipinski definition) is 1. The van der Waals surface area contributed by atoms with E-state index < -0.39 is 0 Å². The first-order valence-electron chi connectivity index (χ1n) is 11.5. The minimum atomic E-state index is -0.0950. The number of carbonyl (C=O) groups is 1. The molecule has 0 spiro atoms. The van der Waals surface area contributed by atoms with Gasteiger partial charge in [-0.15, -0.1) is 5.10 Å². The summed E-state index contributed by atoms with van der Waals surface area (Å²) in [7, 11) is 3.10. The van der Waals surface area contributed by atoms with Gasteiger partial charge in [0.15, 0.2) is 25.1 Å². The lowest BCUT2D eigenvalue weighted by Gasteiger charge is -2.17. The van der Waals surface area contributed by atoms with Gasteiger partial charge in [0.1, 0.15) is 5.69 Å². The molecular weight excluding hydrogens is 450 g/mol. The Balaban J connectivity index is 1.68. The maximum atomic E-state index is 12.4. The van der Waals surface area contributed by atoms with Crippen molar-refractivity contribution < 1.29 is 23.7 Å². The van der Waals surface area contributed by atoms with Gasteiger partial charge in [-0.2, -0.15) is 0 Å². The van der Waals surface area contributed by atoms with E-state index in [1.165, 1.54) is 0 Å². The zero-order valence-electron chi connectivity index (χ0n) is 20.7. The Morgan fingerprint density at radius 3 is 2.31 bits per heavy atom. The van der Waals surface area contributed by atoms with Gasteiger partial charge in [-0.3, -0.25) is 4.79 Å². The van der Waals surface area contributed by atoms with E-state index in [9.17, 15) is 4.79 Å². The molecular formula is C25H33N5O5. The van der Waals surface area contributed by atoms with Crippen molar-refractivity contribution in [2.45, 2.75) is 13.8 Å². The highest BCUT2D eigenvalue weighted by Gasteiger charge is 2.12. The molecule has 0 atom stereocenters. The second-order valence-corrected chi connectivity index (χ2v) is 7.64. The largest absolute Gasteiger partial charge is 0.464 e.